The van der Waals surface area contributed by atoms with Crippen molar-refractivity contribution in [2.45, 2.75) is 6.92 Å². The van der Waals surface area contributed by atoms with Crippen molar-refractivity contribution in [3.8, 4) is 11.1 Å². The Balaban J connectivity index is 1.82. The van der Waals surface area contributed by atoms with Crippen molar-refractivity contribution in [1.29, 1.82) is 0 Å². The first-order chi connectivity index (χ1) is 11.2. The van der Waals surface area contributed by atoms with E-state index in [2.05, 4.69) is 12.1 Å². The van der Waals surface area contributed by atoms with Crippen LogP contribution in [0.2, 0.25) is 0 Å². The van der Waals surface area contributed by atoms with Crippen LogP contribution < -0.4 is 0 Å². The Morgan fingerprint density at radius 2 is 1.22 bits per heavy atom. The molecule has 0 unspecified atom stereocenters. The number of rotatable bonds is 4. The van der Waals surface area contributed by atoms with E-state index in [1.54, 1.807) is 0 Å². The van der Waals surface area contributed by atoms with Crippen LogP contribution in [0.5, 0.6) is 0 Å². The summed E-state index contributed by atoms with van der Waals surface area (Å²) in [6.07, 6.45) is 1.92. The van der Waals surface area contributed by atoms with E-state index in [9.17, 15) is 4.79 Å². The lowest BCUT2D eigenvalue weighted by Gasteiger charge is -2.05. The molecule has 0 radical (unpaired) electrons. The van der Waals surface area contributed by atoms with Crippen LogP contribution in [-0.2, 0) is 0 Å². The Labute approximate surface area is 136 Å². The largest absolute Gasteiger partial charge is 0.289 e. The van der Waals surface area contributed by atoms with Gasteiger partial charge < -0.3 is 0 Å². The lowest BCUT2D eigenvalue weighted by Crippen LogP contribution is -2.00. The van der Waals surface area contributed by atoms with Crippen molar-refractivity contribution in [1.82, 2.24) is 0 Å². The first-order valence-electron chi connectivity index (χ1n) is 7.67. The summed E-state index contributed by atoms with van der Waals surface area (Å²) in [4.78, 5) is 12.5. The average molecular weight is 298 g/mol. The van der Waals surface area contributed by atoms with E-state index in [4.69, 9.17) is 0 Å². The normalized spacial score (nSPS) is 11.3. The molecular formula is C22H18O. The zero-order chi connectivity index (χ0) is 16.1. The van der Waals surface area contributed by atoms with Gasteiger partial charge in [-0.2, -0.15) is 0 Å². The average Bonchev–Trinajstić information content (AvgIpc) is 2.63. The highest BCUT2D eigenvalue weighted by molar-refractivity contribution is 6.11. The summed E-state index contributed by atoms with van der Waals surface area (Å²) >= 11 is 0. The molecule has 0 heterocycles. The number of benzene rings is 3. The van der Waals surface area contributed by atoms with E-state index in [1.165, 1.54) is 0 Å². The summed E-state index contributed by atoms with van der Waals surface area (Å²) in [5.74, 6) is 0.0634. The van der Waals surface area contributed by atoms with E-state index in [0.29, 0.717) is 0 Å². The fraction of sp³-hybridized carbons (Fsp3) is 0.0455. The molecule has 0 aliphatic carbocycles. The third kappa shape index (κ3) is 3.64. The predicted octanol–water partition coefficient (Wildman–Crippen LogP) is 5.64. The van der Waals surface area contributed by atoms with Crippen LogP contribution in [0.3, 0.4) is 0 Å². The van der Waals surface area contributed by atoms with E-state index in [0.717, 1.165) is 27.8 Å². The smallest absolute Gasteiger partial charge is 0.188 e. The molecule has 0 bridgehead atoms. The van der Waals surface area contributed by atoms with Gasteiger partial charge in [0.15, 0.2) is 5.78 Å². The molecule has 112 valence electrons. The van der Waals surface area contributed by atoms with E-state index < -0.39 is 0 Å². The molecule has 3 aromatic rings. The van der Waals surface area contributed by atoms with Crippen molar-refractivity contribution in [2.24, 2.45) is 0 Å². The second-order valence-corrected chi connectivity index (χ2v) is 5.51. The number of hydrogen-bond donors (Lipinski definition) is 0. The highest BCUT2D eigenvalue weighted by Crippen LogP contribution is 2.20. The summed E-state index contributed by atoms with van der Waals surface area (Å²) in [5.41, 5.74) is 4.77. The Morgan fingerprint density at radius 1 is 0.696 bits per heavy atom. The van der Waals surface area contributed by atoms with Crippen LogP contribution in [0.15, 0.2) is 90.5 Å². The standard InChI is InChI=1S/C22H18O/c1-17(16-18-8-4-2-5-9-18)22(23)21-14-12-20(13-15-21)19-10-6-3-7-11-19/h2-16H,1H3. The van der Waals surface area contributed by atoms with Gasteiger partial charge in [-0.15, -0.1) is 0 Å². The van der Waals surface area contributed by atoms with Crippen LogP contribution in [0, 0.1) is 0 Å². The molecule has 1 heteroatoms. The lowest BCUT2D eigenvalue weighted by atomic mass is 9.99. The number of ketones is 1. The molecule has 0 amide bonds. The maximum absolute atomic E-state index is 12.5. The Kier molecular flexibility index (Phi) is 4.49. The molecule has 0 spiro atoms. The maximum Gasteiger partial charge on any atom is 0.188 e. The van der Waals surface area contributed by atoms with Gasteiger partial charge in [-0.05, 0) is 35.3 Å². The van der Waals surface area contributed by atoms with Gasteiger partial charge in [-0.3, -0.25) is 4.79 Å². The number of carbonyl (C=O) groups excluding carboxylic acids is 1. The first-order valence-corrected chi connectivity index (χ1v) is 7.67. The van der Waals surface area contributed by atoms with Gasteiger partial charge in [-0.25, -0.2) is 0 Å². The molecule has 23 heavy (non-hydrogen) atoms. The fourth-order valence-electron chi connectivity index (χ4n) is 2.54. The van der Waals surface area contributed by atoms with E-state index in [1.807, 2.05) is 85.8 Å². The summed E-state index contributed by atoms with van der Waals surface area (Å²) in [6, 6.07) is 27.9. The van der Waals surface area contributed by atoms with Gasteiger partial charge in [0.05, 0.1) is 0 Å². The number of allylic oxidation sites excluding steroid dienone is 1. The van der Waals surface area contributed by atoms with Gasteiger partial charge in [0.1, 0.15) is 0 Å². The van der Waals surface area contributed by atoms with Crippen LogP contribution in [0.4, 0.5) is 0 Å². The van der Waals surface area contributed by atoms with Crippen LogP contribution in [-0.4, -0.2) is 5.78 Å². The third-order valence-electron chi connectivity index (χ3n) is 3.80. The third-order valence-corrected chi connectivity index (χ3v) is 3.80. The highest BCUT2D eigenvalue weighted by atomic mass is 16.1. The highest BCUT2D eigenvalue weighted by Gasteiger charge is 2.08. The Morgan fingerprint density at radius 3 is 1.83 bits per heavy atom. The molecule has 0 fully saturated rings. The topological polar surface area (TPSA) is 17.1 Å². The van der Waals surface area contributed by atoms with Gasteiger partial charge in [-0.1, -0.05) is 84.9 Å². The summed E-state index contributed by atoms with van der Waals surface area (Å²) in [5, 5.41) is 0. The second kappa shape index (κ2) is 6.89. The molecule has 0 aliphatic heterocycles. The van der Waals surface area contributed by atoms with Gasteiger partial charge in [0.25, 0.3) is 0 Å². The molecule has 0 aliphatic rings. The van der Waals surface area contributed by atoms with Gasteiger partial charge >= 0.3 is 0 Å². The lowest BCUT2D eigenvalue weighted by molar-refractivity contribution is 0.103. The number of Topliss-reactive ketones (excluding diaryl/α,β-unsaturated/α-hetero) is 1. The summed E-state index contributed by atoms with van der Waals surface area (Å²) in [6.45, 7) is 1.86. The predicted molar refractivity (Wildman–Crippen MR) is 96.3 cm³/mol. The SMILES string of the molecule is CC(=Cc1ccccc1)C(=O)c1ccc(-c2ccccc2)cc1. The van der Waals surface area contributed by atoms with E-state index in [-0.39, 0.29) is 5.78 Å². The zero-order valence-electron chi connectivity index (χ0n) is 13.1. The quantitative estimate of drug-likeness (QED) is 0.450. The minimum atomic E-state index is 0.0634. The van der Waals surface area contributed by atoms with Crippen molar-refractivity contribution in [3.63, 3.8) is 0 Å². The minimum absolute atomic E-state index is 0.0634. The molecule has 0 aromatic heterocycles. The van der Waals surface area contributed by atoms with E-state index >= 15 is 0 Å². The molecule has 3 rings (SSSR count). The molecular weight excluding hydrogens is 280 g/mol. The Hall–Kier alpha value is -2.93. The summed E-state index contributed by atoms with van der Waals surface area (Å²) in [7, 11) is 0. The number of hydrogen-bond acceptors (Lipinski definition) is 1. The van der Waals surface area contributed by atoms with Crippen LogP contribution in [0.1, 0.15) is 22.8 Å². The molecule has 3 aromatic carbocycles. The van der Waals surface area contributed by atoms with Gasteiger partial charge in [0.2, 0.25) is 0 Å². The van der Waals surface area contributed by atoms with Crippen molar-refractivity contribution >= 4 is 11.9 Å². The van der Waals surface area contributed by atoms with Crippen LogP contribution in [0.25, 0.3) is 17.2 Å². The first kappa shape index (κ1) is 15.0. The molecule has 1 nitrogen and oxygen atoms in total. The van der Waals surface area contributed by atoms with Gasteiger partial charge in [0, 0.05) is 5.56 Å². The second-order valence-electron chi connectivity index (χ2n) is 5.51. The van der Waals surface area contributed by atoms with Crippen LogP contribution >= 0.6 is 0 Å². The minimum Gasteiger partial charge on any atom is -0.289 e. The molecule has 0 saturated carbocycles. The van der Waals surface area contributed by atoms with Crippen molar-refractivity contribution in [2.75, 3.05) is 0 Å². The maximum atomic E-state index is 12.5. The molecule has 0 saturated heterocycles. The molecule has 0 atom stereocenters. The summed E-state index contributed by atoms with van der Waals surface area (Å²) < 4.78 is 0. The molecule has 0 N–H and O–H groups in total. The number of carbonyl (C=O) groups is 1. The zero-order valence-corrected chi connectivity index (χ0v) is 13.1. The monoisotopic (exact) mass is 298 g/mol. The Bertz CT molecular complexity index is 813. The van der Waals surface area contributed by atoms with Crippen molar-refractivity contribution < 1.29 is 4.79 Å². The van der Waals surface area contributed by atoms with Crippen molar-refractivity contribution in [3.05, 3.63) is 102 Å². The fourth-order valence-corrected chi connectivity index (χ4v) is 2.54.